The first-order valence-electron chi connectivity index (χ1n) is 7.69. The summed E-state index contributed by atoms with van der Waals surface area (Å²) in [5.41, 5.74) is 0.370. The van der Waals surface area contributed by atoms with E-state index >= 15 is 0 Å². The monoisotopic (exact) mass is 278 g/mol. The number of aliphatic hydroxyl groups is 1. The van der Waals surface area contributed by atoms with Crippen LogP contribution in [0, 0.1) is 22.7 Å². The van der Waals surface area contributed by atoms with Gasteiger partial charge >= 0.3 is 0 Å². The van der Waals surface area contributed by atoms with E-state index in [0.29, 0.717) is 24.5 Å². The zero-order valence-corrected chi connectivity index (χ0v) is 12.8. The number of carbonyl (C=O) groups excluding carboxylic acids is 2. The van der Waals surface area contributed by atoms with Crippen molar-refractivity contribution in [3.8, 4) is 0 Å². The molecule has 112 valence electrons. The summed E-state index contributed by atoms with van der Waals surface area (Å²) in [6.45, 7) is 6.20. The molecule has 0 aromatic rings. The Balaban J connectivity index is 2.47. The standard InChI is InChI=1S/C17H26O3/c1-12(11-19)14-7-5-13-6-8-15(20)17(13,3)16(14,2)9-4-10-18/h10-11,13-14,19H,4-9H2,1-3H3/b12-11+/t13?,14?,16-,17?/m0/s1. The second-order valence-electron chi connectivity index (χ2n) is 6.99. The van der Waals surface area contributed by atoms with Gasteiger partial charge in [-0.1, -0.05) is 13.8 Å². The molecule has 0 heterocycles. The smallest absolute Gasteiger partial charge is 0.139 e. The van der Waals surface area contributed by atoms with Crippen LogP contribution in [0.3, 0.4) is 0 Å². The maximum atomic E-state index is 12.6. The molecule has 2 aliphatic carbocycles. The lowest BCUT2D eigenvalue weighted by Gasteiger charge is -2.55. The van der Waals surface area contributed by atoms with E-state index in [-0.39, 0.29) is 16.7 Å². The molecule has 0 radical (unpaired) electrons. The first kappa shape index (κ1) is 15.3. The van der Waals surface area contributed by atoms with Crippen LogP contribution >= 0.6 is 0 Å². The van der Waals surface area contributed by atoms with Crippen molar-refractivity contribution in [2.45, 2.75) is 59.3 Å². The third kappa shape index (κ3) is 1.94. The van der Waals surface area contributed by atoms with Gasteiger partial charge in [0.2, 0.25) is 0 Å². The van der Waals surface area contributed by atoms with E-state index in [0.717, 1.165) is 37.5 Å². The molecule has 0 bridgehead atoms. The number of rotatable bonds is 4. The number of hydrogen-bond donors (Lipinski definition) is 1. The molecule has 0 amide bonds. The van der Waals surface area contributed by atoms with Gasteiger partial charge in [0, 0.05) is 18.3 Å². The average Bonchev–Trinajstić information content (AvgIpc) is 2.74. The second-order valence-corrected chi connectivity index (χ2v) is 6.99. The van der Waals surface area contributed by atoms with Gasteiger partial charge in [-0.05, 0) is 55.4 Å². The fourth-order valence-electron chi connectivity index (χ4n) is 4.96. The third-order valence-electron chi connectivity index (χ3n) is 6.41. The lowest BCUT2D eigenvalue weighted by atomic mass is 9.47. The summed E-state index contributed by atoms with van der Waals surface area (Å²) in [7, 11) is 0. The number of aldehydes is 1. The summed E-state index contributed by atoms with van der Waals surface area (Å²) in [5.74, 6) is 0.983. The Morgan fingerprint density at radius 1 is 1.35 bits per heavy atom. The van der Waals surface area contributed by atoms with E-state index < -0.39 is 0 Å². The molecule has 2 aliphatic rings. The van der Waals surface area contributed by atoms with Crippen molar-refractivity contribution in [3.05, 3.63) is 11.8 Å². The van der Waals surface area contributed by atoms with Crippen molar-refractivity contribution in [1.29, 1.82) is 0 Å². The Morgan fingerprint density at radius 2 is 2.05 bits per heavy atom. The van der Waals surface area contributed by atoms with Gasteiger partial charge in [-0.2, -0.15) is 0 Å². The number of allylic oxidation sites excluding steroid dienone is 1. The summed E-state index contributed by atoms with van der Waals surface area (Å²) >= 11 is 0. The first-order valence-corrected chi connectivity index (χ1v) is 7.69. The van der Waals surface area contributed by atoms with Gasteiger partial charge in [0.1, 0.15) is 12.1 Å². The van der Waals surface area contributed by atoms with E-state index in [2.05, 4.69) is 13.8 Å². The van der Waals surface area contributed by atoms with Crippen molar-refractivity contribution in [2.75, 3.05) is 0 Å². The highest BCUT2D eigenvalue weighted by Crippen LogP contribution is 2.64. The highest BCUT2D eigenvalue weighted by molar-refractivity contribution is 5.88. The summed E-state index contributed by atoms with van der Waals surface area (Å²) < 4.78 is 0. The molecular weight excluding hydrogens is 252 g/mol. The van der Waals surface area contributed by atoms with Crippen LogP contribution in [0.15, 0.2) is 11.8 Å². The van der Waals surface area contributed by atoms with Crippen molar-refractivity contribution < 1.29 is 14.7 Å². The molecule has 0 aromatic carbocycles. The second kappa shape index (κ2) is 5.34. The van der Waals surface area contributed by atoms with E-state index in [1.54, 1.807) is 0 Å². The fourth-order valence-corrected chi connectivity index (χ4v) is 4.96. The number of hydrogen-bond acceptors (Lipinski definition) is 3. The quantitative estimate of drug-likeness (QED) is 0.628. The molecule has 2 fully saturated rings. The third-order valence-corrected chi connectivity index (χ3v) is 6.41. The SMILES string of the molecule is C/C(=C\O)C1CCC2CCC(=O)C2(C)[C@@]1(C)CCC=O. The summed E-state index contributed by atoms with van der Waals surface area (Å²) in [5, 5.41) is 9.42. The predicted molar refractivity (Wildman–Crippen MR) is 78.4 cm³/mol. The number of fused-ring (bicyclic) bond motifs is 1. The molecule has 0 aliphatic heterocycles. The number of Topliss-reactive ketones (excluding diaryl/α,β-unsaturated/α-hetero) is 1. The lowest BCUT2D eigenvalue weighted by molar-refractivity contribution is -0.143. The van der Waals surface area contributed by atoms with Crippen LogP contribution in [0.4, 0.5) is 0 Å². The normalized spacial score (nSPS) is 41.5. The predicted octanol–water partition coefficient (Wildman–Crippen LogP) is 3.83. The minimum absolute atomic E-state index is 0.191. The molecule has 1 N–H and O–H groups in total. The van der Waals surface area contributed by atoms with Crippen molar-refractivity contribution in [3.63, 3.8) is 0 Å². The largest absolute Gasteiger partial charge is 0.516 e. The van der Waals surface area contributed by atoms with Gasteiger partial charge in [-0.15, -0.1) is 0 Å². The molecule has 0 spiro atoms. The molecular formula is C17H26O3. The highest BCUT2D eigenvalue weighted by atomic mass is 16.2. The van der Waals surface area contributed by atoms with Gasteiger partial charge in [-0.25, -0.2) is 0 Å². The molecule has 3 unspecified atom stereocenters. The topological polar surface area (TPSA) is 54.4 Å². The molecule has 0 aromatic heterocycles. The van der Waals surface area contributed by atoms with Crippen LogP contribution in [0.25, 0.3) is 0 Å². The van der Waals surface area contributed by atoms with Gasteiger partial charge in [0.25, 0.3) is 0 Å². The van der Waals surface area contributed by atoms with E-state index in [1.807, 2.05) is 6.92 Å². The number of aliphatic hydroxyl groups excluding tert-OH is 1. The van der Waals surface area contributed by atoms with Crippen LogP contribution in [0.1, 0.15) is 59.3 Å². The minimum Gasteiger partial charge on any atom is -0.516 e. The molecule has 4 atom stereocenters. The highest BCUT2D eigenvalue weighted by Gasteiger charge is 2.61. The van der Waals surface area contributed by atoms with Crippen LogP contribution in [0.5, 0.6) is 0 Å². The molecule has 2 saturated carbocycles. The fraction of sp³-hybridized carbons (Fsp3) is 0.765. The molecule has 3 heteroatoms. The molecule has 2 rings (SSSR count). The van der Waals surface area contributed by atoms with E-state index in [9.17, 15) is 14.7 Å². The van der Waals surface area contributed by atoms with Crippen molar-refractivity contribution >= 4 is 12.1 Å². The lowest BCUT2D eigenvalue weighted by Crippen LogP contribution is -2.53. The number of ketones is 1. The zero-order valence-electron chi connectivity index (χ0n) is 12.8. The van der Waals surface area contributed by atoms with Crippen LogP contribution in [-0.2, 0) is 9.59 Å². The van der Waals surface area contributed by atoms with E-state index in [4.69, 9.17) is 0 Å². The van der Waals surface area contributed by atoms with Gasteiger partial charge in [-0.3, -0.25) is 4.79 Å². The Labute approximate surface area is 121 Å². The van der Waals surface area contributed by atoms with Crippen LogP contribution < -0.4 is 0 Å². The molecule has 20 heavy (non-hydrogen) atoms. The van der Waals surface area contributed by atoms with E-state index in [1.165, 1.54) is 6.26 Å². The summed E-state index contributed by atoms with van der Waals surface area (Å²) in [6, 6.07) is 0. The average molecular weight is 278 g/mol. The summed E-state index contributed by atoms with van der Waals surface area (Å²) in [4.78, 5) is 23.5. The molecule has 0 saturated heterocycles. The zero-order chi connectivity index (χ0) is 15.0. The summed E-state index contributed by atoms with van der Waals surface area (Å²) in [6.07, 6.45) is 7.07. The Kier molecular flexibility index (Phi) is 4.08. The Morgan fingerprint density at radius 3 is 2.65 bits per heavy atom. The molecule has 3 nitrogen and oxygen atoms in total. The Bertz CT molecular complexity index is 440. The maximum Gasteiger partial charge on any atom is 0.139 e. The van der Waals surface area contributed by atoms with Crippen molar-refractivity contribution in [2.24, 2.45) is 22.7 Å². The van der Waals surface area contributed by atoms with Crippen LogP contribution in [-0.4, -0.2) is 17.2 Å². The first-order chi connectivity index (χ1) is 9.41. The Hall–Kier alpha value is -1.12. The minimum atomic E-state index is -0.344. The maximum absolute atomic E-state index is 12.6. The van der Waals surface area contributed by atoms with Crippen molar-refractivity contribution in [1.82, 2.24) is 0 Å². The number of carbonyl (C=O) groups is 2. The van der Waals surface area contributed by atoms with Crippen LogP contribution in [0.2, 0.25) is 0 Å². The van der Waals surface area contributed by atoms with Gasteiger partial charge in [0.15, 0.2) is 0 Å². The van der Waals surface area contributed by atoms with Gasteiger partial charge < -0.3 is 9.90 Å². The van der Waals surface area contributed by atoms with Gasteiger partial charge in [0.05, 0.1) is 6.26 Å².